The zero-order chi connectivity index (χ0) is 15.0. The van der Waals surface area contributed by atoms with E-state index in [1.165, 1.54) is 0 Å². The first-order valence-electron chi connectivity index (χ1n) is 7.57. The van der Waals surface area contributed by atoms with E-state index in [1.807, 2.05) is 11.7 Å². The van der Waals surface area contributed by atoms with Gasteiger partial charge in [0.2, 0.25) is 0 Å². The van der Waals surface area contributed by atoms with Crippen molar-refractivity contribution in [2.45, 2.75) is 59.2 Å². The van der Waals surface area contributed by atoms with Gasteiger partial charge in [0.15, 0.2) is 0 Å². The van der Waals surface area contributed by atoms with Gasteiger partial charge < -0.3 is 5.32 Å². The third-order valence-corrected chi connectivity index (χ3v) is 4.64. The first-order chi connectivity index (χ1) is 9.25. The second-order valence-electron chi connectivity index (χ2n) is 7.38. The van der Waals surface area contributed by atoms with Gasteiger partial charge in [-0.15, -0.1) is 0 Å². The van der Waals surface area contributed by atoms with Crippen LogP contribution < -0.4 is 5.32 Å². The van der Waals surface area contributed by atoms with Crippen molar-refractivity contribution >= 4 is 0 Å². The van der Waals surface area contributed by atoms with E-state index in [2.05, 4.69) is 54.9 Å². The summed E-state index contributed by atoms with van der Waals surface area (Å²) in [6.45, 7) is 14.5. The Morgan fingerprint density at radius 2 is 2.15 bits per heavy atom. The molecule has 0 saturated carbocycles. The lowest BCUT2D eigenvalue weighted by molar-refractivity contribution is 0.0180. The van der Waals surface area contributed by atoms with Crippen LogP contribution in [0.2, 0.25) is 0 Å². The van der Waals surface area contributed by atoms with Gasteiger partial charge in [0, 0.05) is 31.7 Å². The van der Waals surface area contributed by atoms with Gasteiger partial charge in [-0.3, -0.25) is 9.58 Å². The standard InChI is InChI=1S/C15H29N5/c1-7-15(5)10-20(9-13-16-11-18-19(13)6)12(8-17-15)14(2,3)4/h11-12,17H,7-10H2,1-6H3. The number of rotatable bonds is 3. The molecule has 1 saturated heterocycles. The van der Waals surface area contributed by atoms with Crippen LogP contribution in [0.3, 0.4) is 0 Å². The van der Waals surface area contributed by atoms with E-state index in [0.29, 0.717) is 6.04 Å². The van der Waals surface area contributed by atoms with Crippen LogP contribution in [-0.2, 0) is 13.6 Å². The Labute approximate surface area is 122 Å². The lowest BCUT2D eigenvalue weighted by Gasteiger charge is -2.50. The summed E-state index contributed by atoms with van der Waals surface area (Å²) in [5.41, 5.74) is 0.445. The maximum Gasteiger partial charge on any atom is 0.140 e. The lowest BCUT2D eigenvalue weighted by Crippen LogP contribution is -2.65. The molecule has 1 aromatic heterocycles. The third kappa shape index (κ3) is 3.20. The van der Waals surface area contributed by atoms with Crippen LogP contribution in [-0.4, -0.2) is 44.3 Å². The molecular formula is C15H29N5. The van der Waals surface area contributed by atoms with Gasteiger partial charge in [-0.05, 0) is 18.8 Å². The summed E-state index contributed by atoms with van der Waals surface area (Å²) >= 11 is 0. The second-order valence-corrected chi connectivity index (χ2v) is 7.38. The van der Waals surface area contributed by atoms with E-state index >= 15 is 0 Å². The normalized spacial score (nSPS) is 28.8. The fraction of sp³-hybridized carbons (Fsp3) is 0.867. The molecule has 0 aromatic carbocycles. The summed E-state index contributed by atoms with van der Waals surface area (Å²) in [5.74, 6) is 1.04. The molecule has 2 rings (SSSR count). The maximum atomic E-state index is 4.39. The Morgan fingerprint density at radius 1 is 1.45 bits per heavy atom. The molecule has 20 heavy (non-hydrogen) atoms. The van der Waals surface area contributed by atoms with Gasteiger partial charge in [-0.2, -0.15) is 5.10 Å². The maximum absolute atomic E-state index is 4.39. The Kier molecular flexibility index (Phi) is 4.21. The molecule has 1 aliphatic heterocycles. The molecule has 1 aromatic rings. The van der Waals surface area contributed by atoms with E-state index in [1.54, 1.807) is 6.33 Å². The molecule has 5 nitrogen and oxygen atoms in total. The predicted octanol–water partition coefficient (Wildman–Crippen LogP) is 1.80. The Morgan fingerprint density at radius 3 is 2.65 bits per heavy atom. The van der Waals surface area contributed by atoms with Crippen molar-refractivity contribution in [3.8, 4) is 0 Å². The summed E-state index contributed by atoms with van der Waals surface area (Å²) in [6.07, 6.45) is 2.78. The van der Waals surface area contributed by atoms with Crippen LogP contribution >= 0.6 is 0 Å². The molecule has 0 radical (unpaired) electrons. The van der Waals surface area contributed by atoms with Crippen LogP contribution in [0.25, 0.3) is 0 Å². The van der Waals surface area contributed by atoms with Crippen LogP contribution in [0.1, 0.15) is 46.9 Å². The van der Waals surface area contributed by atoms with Gasteiger partial charge in [0.05, 0.1) is 6.54 Å². The van der Waals surface area contributed by atoms with Gasteiger partial charge >= 0.3 is 0 Å². The monoisotopic (exact) mass is 279 g/mol. The molecule has 0 aliphatic carbocycles. The van der Waals surface area contributed by atoms with Crippen molar-refractivity contribution in [3.63, 3.8) is 0 Å². The number of aromatic nitrogens is 3. The fourth-order valence-electron chi connectivity index (χ4n) is 2.99. The fourth-order valence-corrected chi connectivity index (χ4v) is 2.99. The van der Waals surface area contributed by atoms with Crippen LogP contribution in [0.15, 0.2) is 6.33 Å². The largest absolute Gasteiger partial charge is 0.309 e. The summed E-state index contributed by atoms with van der Waals surface area (Å²) < 4.78 is 1.88. The van der Waals surface area contributed by atoms with Gasteiger partial charge in [-0.1, -0.05) is 27.7 Å². The topological polar surface area (TPSA) is 46.0 Å². The van der Waals surface area contributed by atoms with E-state index < -0.39 is 0 Å². The number of hydrogen-bond acceptors (Lipinski definition) is 4. The van der Waals surface area contributed by atoms with Crippen LogP contribution in [0.4, 0.5) is 0 Å². The molecule has 0 bridgehead atoms. The zero-order valence-corrected chi connectivity index (χ0v) is 13.8. The summed E-state index contributed by atoms with van der Waals surface area (Å²) in [5, 5.41) is 7.93. The van der Waals surface area contributed by atoms with Gasteiger partial charge in [-0.25, -0.2) is 4.98 Å². The molecule has 0 spiro atoms. The van der Waals surface area contributed by atoms with E-state index in [-0.39, 0.29) is 11.0 Å². The molecule has 1 N–H and O–H groups in total. The highest BCUT2D eigenvalue weighted by atomic mass is 15.3. The first kappa shape index (κ1) is 15.4. The summed E-state index contributed by atoms with van der Waals surface area (Å²) in [4.78, 5) is 6.96. The molecule has 1 aliphatic rings. The molecule has 2 atom stereocenters. The van der Waals surface area contributed by atoms with Crippen molar-refractivity contribution < 1.29 is 0 Å². The number of nitrogens with one attached hydrogen (secondary N) is 1. The van der Waals surface area contributed by atoms with Gasteiger partial charge in [0.1, 0.15) is 12.2 Å². The predicted molar refractivity (Wildman–Crippen MR) is 81.4 cm³/mol. The van der Waals surface area contributed by atoms with Crippen LogP contribution in [0.5, 0.6) is 0 Å². The number of nitrogens with zero attached hydrogens (tertiary/aromatic N) is 4. The average molecular weight is 279 g/mol. The highest BCUT2D eigenvalue weighted by Gasteiger charge is 2.39. The Bertz CT molecular complexity index is 447. The summed E-state index contributed by atoms with van der Waals surface area (Å²) in [6, 6.07) is 0.513. The van der Waals surface area contributed by atoms with Crippen molar-refractivity contribution in [2.75, 3.05) is 13.1 Å². The van der Waals surface area contributed by atoms with E-state index in [0.717, 1.165) is 31.9 Å². The molecule has 2 unspecified atom stereocenters. The van der Waals surface area contributed by atoms with E-state index in [9.17, 15) is 0 Å². The minimum absolute atomic E-state index is 0.195. The minimum Gasteiger partial charge on any atom is -0.309 e. The molecular weight excluding hydrogens is 250 g/mol. The number of piperazine rings is 1. The molecule has 1 fully saturated rings. The molecule has 5 heteroatoms. The quantitative estimate of drug-likeness (QED) is 0.916. The zero-order valence-electron chi connectivity index (χ0n) is 13.8. The van der Waals surface area contributed by atoms with E-state index in [4.69, 9.17) is 0 Å². The second kappa shape index (κ2) is 5.45. The minimum atomic E-state index is 0.195. The average Bonchev–Trinajstić information content (AvgIpc) is 2.74. The number of hydrogen-bond donors (Lipinski definition) is 1. The number of aryl methyl sites for hydroxylation is 1. The van der Waals surface area contributed by atoms with Crippen LogP contribution in [0, 0.1) is 5.41 Å². The van der Waals surface area contributed by atoms with Crippen molar-refractivity contribution in [2.24, 2.45) is 12.5 Å². The lowest BCUT2D eigenvalue weighted by atomic mass is 9.81. The Hall–Kier alpha value is -0.940. The highest BCUT2D eigenvalue weighted by molar-refractivity contribution is 5.00. The molecule has 114 valence electrons. The summed E-state index contributed by atoms with van der Waals surface area (Å²) in [7, 11) is 1.97. The van der Waals surface area contributed by atoms with Crippen molar-refractivity contribution in [3.05, 3.63) is 12.2 Å². The van der Waals surface area contributed by atoms with Crippen molar-refractivity contribution in [1.82, 2.24) is 25.0 Å². The molecule has 0 amide bonds. The smallest absolute Gasteiger partial charge is 0.140 e. The SMILES string of the molecule is CCC1(C)CN(Cc2ncnn2C)C(C(C)(C)C)CN1. The highest BCUT2D eigenvalue weighted by Crippen LogP contribution is 2.30. The Balaban J connectivity index is 2.20. The molecule has 2 heterocycles. The third-order valence-electron chi connectivity index (χ3n) is 4.64. The van der Waals surface area contributed by atoms with Crippen molar-refractivity contribution in [1.29, 1.82) is 0 Å². The van der Waals surface area contributed by atoms with Gasteiger partial charge in [0.25, 0.3) is 0 Å². The first-order valence-corrected chi connectivity index (χ1v) is 7.57.